The van der Waals surface area contributed by atoms with Crippen molar-refractivity contribution >= 4 is 40.0 Å². The van der Waals surface area contributed by atoms with Crippen LogP contribution in [-0.2, 0) is 17.8 Å². The third kappa shape index (κ3) is 4.02. The van der Waals surface area contributed by atoms with E-state index in [2.05, 4.69) is 0 Å². The Labute approximate surface area is 166 Å². The zero-order chi connectivity index (χ0) is 19.7. The van der Waals surface area contributed by atoms with Crippen LogP contribution in [0.2, 0.25) is 10.0 Å². The van der Waals surface area contributed by atoms with Gasteiger partial charge in [-0.2, -0.15) is 0 Å². The highest BCUT2D eigenvalue weighted by Gasteiger charge is 2.16. The van der Waals surface area contributed by atoms with Gasteiger partial charge < -0.3 is 9.15 Å². The van der Waals surface area contributed by atoms with Crippen molar-refractivity contribution in [2.45, 2.75) is 33.8 Å². The average molecular weight is 405 g/mol. The molecule has 0 amide bonds. The van der Waals surface area contributed by atoms with Crippen LogP contribution in [0.5, 0.6) is 5.75 Å². The van der Waals surface area contributed by atoms with E-state index in [-0.39, 0.29) is 12.2 Å². The van der Waals surface area contributed by atoms with E-state index in [4.69, 9.17) is 32.4 Å². The van der Waals surface area contributed by atoms with Gasteiger partial charge in [-0.05, 0) is 56.2 Å². The molecule has 27 heavy (non-hydrogen) atoms. The van der Waals surface area contributed by atoms with Crippen molar-refractivity contribution in [2.24, 2.45) is 0 Å². The number of hydrogen-bond acceptors (Lipinski definition) is 4. The van der Waals surface area contributed by atoms with Crippen LogP contribution in [0, 0.1) is 13.8 Å². The largest absolute Gasteiger partial charge is 0.488 e. The van der Waals surface area contributed by atoms with Crippen molar-refractivity contribution in [1.82, 2.24) is 0 Å². The number of hydrogen-bond donors (Lipinski definition) is 0. The van der Waals surface area contributed by atoms with Crippen LogP contribution in [0.15, 0.2) is 39.5 Å². The molecular formula is C21H18Cl2O4. The minimum absolute atomic E-state index is 0.0682. The fourth-order valence-electron chi connectivity index (χ4n) is 2.97. The molecule has 0 aliphatic carbocycles. The molecule has 2 aromatic carbocycles. The Morgan fingerprint density at radius 1 is 1.07 bits per heavy atom. The molecule has 0 radical (unpaired) electrons. The molecule has 0 saturated heterocycles. The molecule has 0 unspecified atom stereocenters. The van der Waals surface area contributed by atoms with E-state index < -0.39 is 5.63 Å². The molecule has 6 heteroatoms. The first-order chi connectivity index (χ1) is 12.8. The molecule has 1 aromatic heterocycles. The van der Waals surface area contributed by atoms with E-state index >= 15 is 0 Å². The summed E-state index contributed by atoms with van der Waals surface area (Å²) >= 11 is 12.0. The Bertz CT molecular complexity index is 1100. The summed E-state index contributed by atoms with van der Waals surface area (Å²) in [4.78, 5) is 23.7. The van der Waals surface area contributed by atoms with Crippen LogP contribution in [0.1, 0.15) is 29.2 Å². The highest BCUT2D eigenvalue weighted by atomic mass is 35.5. The van der Waals surface area contributed by atoms with Crippen LogP contribution in [-0.4, -0.2) is 5.78 Å². The predicted molar refractivity (Wildman–Crippen MR) is 107 cm³/mol. The Balaban J connectivity index is 1.96. The van der Waals surface area contributed by atoms with E-state index in [0.717, 1.165) is 22.1 Å². The normalized spacial score (nSPS) is 11.0. The minimum Gasteiger partial charge on any atom is -0.488 e. The van der Waals surface area contributed by atoms with Crippen molar-refractivity contribution in [3.05, 3.63) is 73.1 Å². The first-order valence-corrected chi connectivity index (χ1v) is 9.15. The van der Waals surface area contributed by atoms with Crippen molar-refractivity contribution in [3.63, 3.8) is 0 Å². The molecule has 0 atom stereocenters. The van der Waals surface area contributed by atoms with Gasteiger partial charge in [-0.1, -0.05) is 29.3 Å². The van der Waals surface area contributed by atoms with Gasteiger partial charge in [-0.25, -0.2) is 4.79 Å². The third-order valence-corrected chi connectivity index (χ3v) is 5.20. The summed E-state index contributed by atoms with van der Waals surface area (Å²) in [6.45, 7) is 5.41. The molecule has 3 rings (SSSR count). The molecule has 1 heterocycles. The van der Waals surface area contributed by atoms with E-state index in [0.29, 0.717) is 33.5 Å². The van der Waals surface area contributed by atoms with E-state index in [9.17, 15) is 9.59 Å². The second kappa shape index (κ2) is 7.75. The summed E-state index contributed by atoms with van der Waals surface area (Å²) in [6, 6.07) is 8.98. The van der Waals surface area contributed by atoms with Crippen LogP contribution in [0.4, 0.5) is 0 Å². The number of carbonyl (C=O) groups excluding carboxylic acids is 1. The monoisotopic (exact) mass is 404 g/mol. The van der Waals surface area contributed by atoms with Crippen molar-refractivity contribution in [3.8, 4) is 5.75 Å². The molecule has 0 saturated carbocycles. The predicted octanol–water partition coefficient (Wildman–Crippen LogP) is 5.43. The molecule has 4 nitrogen and oxygen atoms in total. The van der Waals surface area contributed by atoms with Gasteiger partial charge in [0.1, 0.15) is 23.7 Å². The highest BCUT2D eigenvalue weighted by molar-refractivity contribution is 6.42. The first kappa shape index (κ1) is 19.5. The number of ketones is 1. The third-order valence-electron chi connectivity index (χ3n) is 4.46. The molecule has 0 spiro atoms. The van der Waals surface area contributed by atoms with Gasteiger partial charge in [-0.15, -0.1) is 0 Å². The maximum absolute atomic E-state index is 12.3. The second-order valence-corrected chi connectivity index (χ2v) is 7.29. The highest BCUT2D eigenvalue weighted by Crippen LogP contribution is 2.30. The molecule has 0 bridgehead atoms. The van der Waals surface area contributed by atoms with Crippen molar-refractivity contribution in [2.75, 3.05) is 0 Å². The Hall–Kier alpha value is -2.30. The number of carbonyl (C=O) groups is 1. The smallest absolute Gasteiger partial charge is 0.340 e. The van der Waals surface area contributed by atoms with Crippen molar-refractivity contribution < 1.29 is 13.9 Å². The van der Waals surface area contributed by atoms with Gasteiger partial charge in [0.15, 0.2) is 0 Å². The topological polar surface area (TPSA) is 56.5 Å². The maximum Gasteiger partial charge on any atom is 0.340 e. The summed E-state index contributed by atoms with van der Waals surface area (Å²) in [7, 11) is 0. The van der Waals surface area contributed by atoms with Gasteiger partial charge in [0.25, 0.3) is 0 Å². The van der Waals surface area contributed by atoms with Gasteiger partial charge in [-0.3, -0.25) is 4.79 Å². The Morgan fingerprint density at radius 2 is 1.81 bits per heavy atom. The van der Waals surface area contributed by atoms with Gasteiger partial charge >= 0.3 is 5.63 Å². The molecular weight excluding hydrogens is 387 g/mol. The summed E-state index contributed by atoms with van der Waals surface area (Å²) in [5, 5.41) is 1.75. The number of rotatable bonds is 5. The maximum atomic E-state index is 12.3. The quantitative estimate of drug-likeness (QED) is 0.532. The average Bonchev–Trinajstić information content (AvgIpc) is 2.61. The van der Waals surface area contributed by atoms with E-state index in [1.807, 2.05) is 32.0 Å². The molecule has 140 valence electrons. The van der Waals surface area contributed by atoms with Crippen LogP contribution < -0.4 is 10.4 Å². The number of benzene rings is 2. The van der Waals surface area contributed by atoms with Crippen LogP contribution >= 0.6 is 23.2 Å². The minimum atomic E-state index is -0.486. The number of aryl methyl sites for hydroxylation is 2. The molecule has 3 aromatic rings. The zero-order valence-corrected chi connectivity index (χ0v) is 16.7. The van der Waals surface area contributed by atoms with E-state index in [1.54, 1.807) is 12.1 Å². The fourth-order valence-corrected chi connectivity index (χ4v) is 3.29. The summed E-state index contributed by atoms with van der Waals surface area (Å²) in [5.74, 6) is 0.526. The summed E-state index contributed by atoms with van der Waals surface area (Å²) in [6.07, 6.45) is 0.0682. The number of ether oxygens (including phenoxy) is 1. The van der Waals surface area contributed by atoms with Gasteiger partial charge in [0.2, 0.25) is 0 Å². The second-order valence-electron chi connectivity index (χ2n) is 6.47. The van der Waals surface area contributed by atoms with Crippen molar-refractivity contribution in [1.29, 1.82) is 0 Å². The Morgan fingerprint density at radius 3 is 2.48 bits per heavy atom. The van der Waals surface area contributed by atoms with Gasteiger partial charge in [0.05, 0.1) is 10.0 Å². The van der Waals surface area contributed by atoms with Crippen LogP contribution in [0.3, 0.4) is 0 Å². The first-order valence-electron chi connectivity index (χ1n) is 8.40. The van der Waals surface area contributed by atoms with Gasteiger partial charge in [0, 0.05) is 22.9 Å². The van der Waals surface area contributed by atoms with E-state index in [1.165, 1.54) is 6.92 Å². The standard InChI is InChI=1S/C21H18Cl2O4/c1-11(24)8-16-12(2)15-5-7-19(13(3)20(15)27-21(16)25)26-10-14-4-6-17(22)18(23)9-14/h4-7,9H,8,10H2,1-3H3. The molecule has 0 aliphatic rings. The zero-order valence-electron chi connectivity index (χ0n) is 15.2. The lowest BCUT2D eigenvalue weighted by Crippen LogP contribution is -2.14. The fraction of sp³-hybridized carbons (Fsp3) is 0.238. The molecule has 0 fully saturated rings. The summed E-state index contributed by atoms with van der Waals surface area (Å²) in [5.41, 5.74) is 2.74. The van der Waals surface area contributed by atoms with Crippen LogP contribution in [0.25, 0.3) is 11.0 Å². The Kier molecular flexibility index (Phi) is 5.59. The number of fused-ring (bicyclic) bond motifs is 1. The summed E-state index contributed by atoms with van der Waals surface area (Å²) < 4.78 is 11.4. The SMILES string of the molecule is CC(=O)Cc1c(C)c2ccc(OCc3ccc(Cl)c(Cl)c3)c(C)c2oc1=O. The number of Topliss-reactive ketones (excluding diaryl/α,β-unsaturated/α-hetero) is 1. The number of halogens is 2. The lowest BCUT2D eigenvalue weighted by Gasteiger charge is -2.13. The lowest BCUT2D eigenvalue weighted by atomic mass is 10.0. The molecule has 0 N–H and O–H groups in total. The lowest BCUT2D eigenvalue weighted by molar-refractivity contribution is -0.116. The molecule has 0 aliphatic heterocycles.